The first-order valence-corrected chi connectivity index (χ1v) is 10.2. The lowest BCUT2D eigenvalue weighted by Gasteiger charge is -2.14. The minimum atomic E-state index is -3.89. The van der Waals surface area contributed by atoms with Crippen molar-refractivity contribution in [3.63, 3.8) is 0 Å². The topological polar surface area (TPSA) is 81.7 Å². The lowest BCUT2D eigenvalue weighted by atomic mass is 10.1. The van der Waals surface area contributed by atoms with Crippen molar-refractivity contribution in [2.75, 3.05) is 11.8 Å². The molecule has 7 heteroatoms. The van der Waals surface area contributed by atoms with E-state index in [-0.39, 0.29) is 22.3 Å². The molecule has 0 aliphatic rings. The zero-order valence-electron chi connectivity index (χ0n) is 15.8. The summed E-state index contributed by atoms with van der Waals surface area (Å²) >= 11 is 0. The Kier molecular flexibility index (Phi) is 5.56. The van der Waals surface area contributed by atoms with Gasteiger partial charge in [0.25, 0.3) is 10.0 Å². The van der Waals surface area contributed by atoms with E-state index in [1.54, 1.807) is 26.0 Å². The second-order valence-electron chi connectivity index (χ2n) is 6.48. The Hall–Kier alpha value is -3.06. The summed E-state index contributed by atoms with van der Waals surface area (Å²) in [5.41, 5.74) is 0.388. The Bertz CT molecular complexity index is 1120. The van der Waals surface area contributed by atoms with Gasteiger partial charge in [-0.1, -0.05) is 30.3 Å². The predicted molar refractivity (Wildman–Crippen MR) is 108 cm³/mol. The van der Waals surface area contributed by atoms with Crippen molar-refractivity contribution in [2.24, 2.45) is 0 Å². The largest absolute Gasteiger partial charge is 0.495 e. The van der Waals surface area contributed by atoms with Crippen LogP contribution >= 0.6 is 0 Å². The van der Waals surface area contributed by atoms with Crippen LogP contribution in [0.15, 0.2) is 65.6 Å². The molecule has 0 fully saturated rings. The minimum absolute atomic E-state index is 0.114. The lowest BCUT2D eigenvalue weighted by molar-refractivity contribution is 0.0378. The van der Waals surface area contributed by atoms with E-state index >= 15 is 0 Å². The predicted octanol–water partition coefficient (Wildman–Crippen LogP) is 4.21. The minimum Gasteiger partial charge on any atom is -0.495 e. The number of ether oxygens (including phenoxy) is 2. The van der Waals surface area contributed by atoms with Gasteiger partial charge in [-0.25, -0.2) is 13.2 Å². The summed E-state index contributed by atoms with van der Waals surface area (Å²) < 4.78 is 38.7. The Morgan fingerprint density at radius 2 is 1.68 bits per heavy atom. The molecule has 0 radical (unpaired) electrons. The number of fused-ring (bicyclic) bond motifs is 1. The van der Waals surface area contributed by atoms with E-state index in [0.717, 1.165) is 10.8 Å². The molecule has 0 aliphatic carbocycles. The third-order valence-electron chi connectivity index (χ3n) is 4.05. The van der Waals surface area contributed by atoms with Crippen molar-refractivity contribution in [2.45, 2.75) is 24.8 Å². The number of nitrogens with one attached hydrogen (secondary N) is 1. The van der Waals surface area contributed by atoms with Crippen LogP contribution in [-0.4, -0.2) is 27.6 Å². The molecule has 3 aromatic rings. The first kappa shape index (κ1) is 19.7. The van der Waals surface area contributed by atoms with Crippen LogP contribution in [0.5, 0.6) is 5.75 Å². The van der Waals surface area contributed by atoms with Crippen molar-refractivity contribution >= 4 is 32.5 Å². The van der Waals surface area contributed by atoms with Crippen LogP contribution in [-0.2, 0) is 14.8 Å². The number of sulfonamides is 1. The van der Waals surface area contributed by atoms with Gasteiger partial charge in [0, 0.05) is 0 Å². The SMILES string of the molecule is COc1ccc(C(=O)OC(C)C)cc1NS(=O)(=O)c1ccc2ccccc2c1. The molecule has 0 heterocycles. The van der Waals surface area contributed by atoms with Crippen molar-refractivity contribution in [1.82, 2.24) is 0 Å². The molecule has 6 nitrogen and oxygen atoms in total. The van der Waals surface area contributed by atoms with Crippen molar-refractivity contribution in [3.8, 4) is 5.75 Å². The first-order valence-electron chi connectivity index (χ1n) is 8.71. The summed E-state index contributed by atoms with van der Waals surface area (Å²) in [6, 6.07) is 16.8. The van der Waals surface area contributed by atoms with E-state index in [1.165, 1.54) is 31.4 Å². The Balaban J connectivity index is 1.96. The van der Waals surface area contributed by atoms with Gasteiger partial charge in [-0.15, -0.1) is 0 Å². The van der Waals surface area contributed by atoms with Crippen molar-refractivity contribution < 1.29 is 22.7 Å². The summed E-state index contributed by atoms with van der Waals surface area (Å²) in [4.78, 5) is 12.3. The number of hydrogen-bond acceptors (Lipinski definition) is 5. The lowest BCUT2D eigenvalue weighted by Crippen LogP contribution is -2.15. The Morgan fingerprint density at radius 3 is 2.36 bits per heavy atom. The van der Waals surface area contributed by atoms with E-state index in [4.69, 9.17) is 9.47 Å². The monoisotopic (exact) mass is 399 g/mol. The summed E-state index contributed by atoms with van der Waals surface area (Å²) in [5, 5.41) is 1.75. The van der Waals surface area contributed by atoms with Gasteiger partial charge >= 0.3 is 5.97 Å². The maximum absolute atomic E-state index is 12.9. The molecule has 28 heavy (non-hydrogen) atoms. The smallest absolute Gasteiger partial charge is 0.338 e. The van der Waals surface area contributed by atoms with Gasteiger partial charge in [0.2, 0.25) is 0 Å². The summed E-state index contributed by atoms with van der Waals surface area (Å²) in [7, 11) is -2.46. The molecular formula is C21H21NO5S. The van der Waals surface area contributed by atoms with Crippen LogP contribution in [0.4, 0.5) is 5.69 Å². The quantitative estimate of drug-likeness (QED) is 0.628. The first-order chi connectivity index (χ1) is 13.3. The van der Waals surface area contributed by atoms with Gasteiger partial charge in [-0.05, 0) is 55.0 Å². The van der Waals surface area contributed by atoms with Crippen molar-refractivity contribution in [1.29, 1.82) is 0 Å². The van der Waals surface area contributed by atoms with Crippen LogP contribution in [0.1, 0.15) is 24.2 Å². The molecule has 0 amide bonds. The average Bonchev–Trinajstić information content (AvgIpc) is 2.66. The highest BCUT2D eigenvalue weighted by molar-refractivity contribution is 7.92. The maximum Gasteiger partial charge on any atom is 0.338 e. The van der Waals surface area contributed by atoms with Gasteiger partial charge < -0.3 is 9.47 Å². The molecule has 0 spiro atoms. The summed E-state index contributed by atoms with van der Waals surface area (Å²) in [6.07, 6.45) is -0.285. The number of rotatable bonds is 6. The number of benzene rings is 3. The molecule has 0 saturated carbocycles. The Morgan fingerprint density at radius 1 is 0.964 bits per heavy atom. The number of carbonyl (C=O) groups is 1. The van der Waals surface area contributed by atoms with E-state index < -0.39 is 16.0 Å². The average molecular weight is 399 g/mol. The Labute approximate surface area is 164 Å². The number of esters is 1. The number of anilines is 1. The highest BCUT2D eigenvalue weighted by atomic mass is 32.2. The highest BCUT2D eigenvalue weighted by Crippen LogP contribution is 2.29. The molecule has 3 rings (SSSR count). The molecule has 0 aliphatic heterocycles. The number of hydrogen-bond donors (Lipinski definition) is 1. The molecule has 0 saturated heterocycles. The fourth-order valence-corrected chi connectivity index (χ4v) is 3.83. The molecule has 0 unspecified atom stereocenters. The third-order valence-corrected chi connectivity index (χ3v) is 5.42. The second-order valence-corrected chi connectivity index (χ2v) is 8.17. The van der Waals surface area contributed by atoms with Crippen LogP contribution in [0, 0.1) is 0 Å². The van der Waals surface area contributed by atoms with E-state index in [9.17, 15) is 13.2 Å². The molecule has 0 aromatic heterocycles. The van der Waals surface area contributed by atoms with Crippen molar-refractivity contribution in [3.05, 3.63) is 66.2 Å². The second kappa shape index (κ2) is 7.90. The van der Waals surface area contributed by atoms with E-state index in [1.807, 2.05) is 24.3 Å². The van der Waals surface area contributed by atoms with Crippen LogP contribution < -0.4 is 9.46 Å². The van der Waals surface area contributed by atoms with Gasteiger partial charge in [-0.2, -0.15) is 0 Å². The van der Waals surface area contributed by atoms with Gasteiger partial charge in [0.1, 0.15) is 5.75 Å². The zero-order chi connectivity index (χ0) is 20.3. The van der Waals surface area contributed by atoms with Crippen LogP contribution in [0.25, 0.3) is 10.8 Å². The fourth-order valence-electron chi connectivity index (χ4n) is 2.74. The molecule has 3 aromatic carbocycles. The molecule has 0 atom stereocenters. The fraction of sp³-hybridized carbons (Fsp3) is 0.190. The van der Waals surface area contributed by atoms with E-state index in [0.29, 0.717) is 5.75 Å². The molecule has 0 bridgehead atoms. The van der Waals surface area contributed by atoms with E-state index in [2.05, 4.69) is 4.72 Å². The van der Waals surface area contributed by atoms with Gasteiger partial charge in [0.15, 0.2) is 0 Å². The standard InChI is InChI=1S/C21H21NO5S/c1-14(2)27-21(23)17-9-11-20(26-3)19(13-17)22-28(24,25)18-10-8-15-6-4-5-7-16(15)12-18/h4-14,22H,1-3H3. The maximum atomic E-state index is 12.9. The van der Waals surface area contributed by atoms with Gasteiger partial charge in [0.05, 0.1) is 29.4 Å². The summed E-state index contributed by atoms with van der Waals surface area (Å²) in [6.45, 7) is 3.48. The molecule has 146 valence electrons. The summed E-state index contributed by atoms with van der Waals surface area (Å²) in [5.74, 6) is -0.241. The number of methoxy groups -OCH3 is 1. The third kappa shape index (κ3) is 4.26. The number of carbonyl (C=O) groups excluding carboxylic acids is 1. The van der Waals surface area contributed by atoms with Crippen LogP contribution in [0.2, 0.25) is 0 Å². The molecule has 1 N–H and O–H groups in total. The van der Waals surface area contributed by atoms with Crippen LogP contribution in [0.3, 0.4) is 0 Å². The molecular weight excluding hydrogens is 378 g/mol. The highest BCUT2D eigenvalue weighted by Gasteiger charge is 2.19. The van der Waals surface area contributed by atoms with Gasteiger partial charge in [-0.3, -0.25) is 4.72 Å². The zero-order valence-corrected chi connectivity index (χ0v) is 16.6. The normalized spacial score (nSPS) is 11.4.